The molecule has 0 fully saturated rings. The van der Waals surface area contributed by atoms with E-state index in [-0.39, 0.29) is 6.17 Å². The van der Waals surface area contributed by atoms with Crippen LogP contribution in [-0.2, 0) is 0 Å². The predicted octanol–water partition coefficient (Wildman–Crippen LogP) is 2.21. The zero-order valence-corrected chi connectivity index (χ0v) is 12.1. The van der Waals surface area contributed by atoms with E-state index in [1.54, 1.807) is 12.0 Å². The molecule has 1 unspecified atom stereocenters. The molecule has 1 atom stereocenters. The van der Waals surface area contributed by atoms with E-state index < -0.39 is 0 Å². The quantitative estimate of drug-likeness (QED) is 0.885. The normalized spacial score (nSPS) is 17.2. The van der Waals surface area contributed by atoms with Crippen molar-refractivity contribution in [2.45, 2.75) is 6.17 Å². The molecular weight excluding hydrogens is 264 g/mol. The molecule has 5 heteroatoms. The summed E-state index contributed by atoms with van der Waals surface area (Å²) < 4.78 is 5.41. The average Bonchev–Trinajstić information content (AvgIpc) is 2.52. The van der Waals surface area contributed by atoms with Gasteiger partial charge in [-0.15, -0.1) is 0 Å². The Balaban J connectivity index is 2.12. The van der Waals surface area contributed by atoms with E-state index in [0.29, 0.717) is 5.96 Å². The highest BCUT2D eigenvalue weighted by atomic mass is 16.5. The molecule has 0 aliphatic carbocycles. The Hall–Kier alpha value is -2.53. The summed E-state index contributed by atoms with van der Waals surface area (Å²) in [4.78, 5) is 6.17. The van der Waals surface area contributed by atoms with Crippen molar-refractivity contribution in [2.75, 3.05) is 14.2 Å². The molecular formula is C16H18N4O. The zero-order chi connectivity index (χ0) is 15.0. The number of nitrogens with two attached hydrogens (primary N) is 2. The van der Waals surface area contributed by atoms with Gasteiger partial charge in [0.15, 0.2) is 5.96 Å². The van der Waals surface area contributed by atoms with Gasteiger partial charge in [-0.3, -0.25) is 0 Å². The fourth-order valence-corrected chi connectivity index (χ4v) is 2.49. The highest BCUT2D eigenvalue weighted by molar-refractivity contribution is 5.85. The van der Waals surface area contributed by atoms with Gasteiger partial charge in [0.1, 0.15) is 11.9 Å². The van der Waals surface area contributed by atoms with Crippen LogP contribution >= 0.6 is 0 Å². The van der Waals surface area contributed by atoms with E-state index in [0.717, 1.165) is 28.1 Å². The third-order valence-electron chi connectivity index (χ3n) is 3.78. The molecule has 0 radical (unpaired) electrons. The average molecular weight is 282 g/mol. The van der Waals surface area contributed by atoms with Crippen LogP contribution in [0.15, 0.2) is 47.5 Å². The van der Waals surface area contributed by atoms with Crippen LogP contribution in [0.3, 0.4) is 0 Å². The molecule has 0 saturated heterocycles. The summed E-state index contributed by atoms with van der Waals surface area (Å²) in [7, 11) is 3.50. The number of hydrogen-bond acceptors (Lipinski definition) is 5. The fourth-order valence-electron chi connectivity index (χ4n) is 2.49. The third-order valence-corrected chi connectivity index (χ3v) is 3.78. The Morgan fingerprint density at radius 2 is 1.95 bits per heavy atom. The molecule has 2 aromatic rings. The van der Waals surface area contributed by atoms with Gasteiger partial charge in [0.25, 0.3) is 0 Å². The Morgan fingerprint density at radius 3 is 2.71 bits per heavy atom. The van der Waals surface area contributed by atoms with Crippen molar-refractivity contribution in [1.82, 2.24) is 4.90 Å². The first-order valence-electron chi connectivity index (χ1n) is 6.71. The molecule has 0 saturated carbocycles. The largest absolute Gasteiger partial charge is 0.496 e. The minimum absolute atomic E-state index is 0.274. The second-order valence-corrected chi connectivity index (χ2v) is 5.00. The monoisotopic (exact) mass is 282 g/mol. The van der Waals surface area contributed by atoms with E-state index >= 15 is 0 Å². The predicted molar refractivity (Wildman–Crippen MR) is 84.4 cm³/mol. The number of ether oxygens (including phenoxy) is 1. The van der Waals surface area contributed by atoms with Crippen molar-refractivity contribution in [2.24, 2.45) is 16.5 Å². The highest BCUT2D eigenvalue weighted by Crippen LogP contribution is 2.37. The number of hydrogen-bond donors (Lipinski definition) is 2. The first-order chi connectivity index (χ1) is 10.1. The summed E-state index contributed by atoms with van der Waals surface area (Å²) in [5, 5.41) is 0. The minimum Gasteiger partial charge on any atom is -0.496 e. The van der Waals surface area contributed by atoms with E-state index in [9.17, 15) is 0 Å². The van der Waals surface area contributed by atoms with Gasteiger partial charge in [-0.25, -0.2) is 4.99 Å². The molecule has 0 aromatic heterocycles. The molecule has 0 bridgehead atoms. The summed E-state index contributed by atoms with van der Waals surface area (Å²) in [5.41, 5.74) is 15.9. The highest BCUT2D eigenvalue weighted by Gasteiger charge is 2.23. The smallest absolute Gasteiger partial charge is 0.197 e. The number of fused-ring (bicyclic) bond motifs is 1. The molecule has 0 spiro atoms. The maximum absolute atomic E-state index is 6.17. The Bertz CT molecular complexity index is 711. The molecule has 108 valence electrons. The number of nitrogens with zero attached hydrogens (tertiary/aromatic N) is 2. The number of benzene rings is 2. The SMILES string of the molecule is COc1ccccc1-c1ccc2c(c1)N=C(N)N(C)C2N. The molecule has 4 N–H and O–H groups in total. The van der Waals surface area contributed by atoms with Gasteiger partial charge in [-0.1, -0.05) is 30.3 Å². The molecule has 3 rings (SSSR count). The number of para-hydroxylation sites is 1. The van der Waals surface area contributed by atoms with Crippen LogP contribution in [0.4, 0.5) is 5.69 Å². The Labute approximate surface area is 123 Å². The first-order valence-corrected chi connectivity index (χ1v) is 6.71. The number of guanidine groups is 1. The van der Waals surface area contributed by atoms with E-state index in [1.807, 2.05) is 49.5 Å². The standard InChI is InChI=1S/C16H18N4O/c1-20-15(17)12-8-7-10(9-13(12)19-16(20)18)11-5-3-4-6-14(11)21-2/h3-9,15H,17H2,1-2H3,(H2,18,19). The molecule has 21 heavy (non-hydrogen) atoms. The van der Waals surface area contributed by atoms with E-state index in [1.165, 1.54) is 0 Å². The fraction of sp³-hybridized carbons (Fsp3) is 0.188. The van der Waals surface area contributed by atoms with Crippen LogP contribution in [0.5, 0.6) is 5.75 Å². The van der Waals surface area contributed by atoms with Gasteiger partial charge in [0, 0.05) is 18.2 Å². The molecule has 5 nitrogen and oxygen atoms in total. The minimum atomic E-state index is -0.274. The van der Waals surface area contributed by atoms with Crippen LogP contribution in [-0.4, -0.2) is 25.0 Å². The van der Waals surface area contributed by atoms with Gasteiger partial charge in [-0.2, -0.15) is 0 Å². The molecule has 1 aliphatic rings. The van der Waals surface area contributed by atoms with Gasteiger partial charge < -0.3 is 21.1 Å². The second kappa shape index (κ2) is 5.10. The van der Waals surface area contributed by atoms with Crippen molar-refractivity contribution in [1.29, 1.82) is 0 Å². The van der Waals surface area contributed by atoms with Gasteiger partial charge in [0.2, 0.25) is 0 Å². The molecule has 2 aromatic carbocycles. The maximum atomic E-state index is 6.17. The van der Waals surface area contributed by atoms with Crippen molar-refractivity contribution >= 4 is 11.6 Å². The Morgan fingerprint density at radius 1 is 1.19 bits per heavy atom. The second-order valence-electron chi connectivity index (χ2n) is 5.00. The van der Waals surface area contributed by atoms with Gasteiger partial charge in [0.05, 0.1) is 12.8 Å². The molecule has 1 heterocycles. The summed E-state index contributed by atoms with van der Waals surface area (Å²) in [6.07, 6.45) is -0.274. The lowest BCUT2D eigenvalue weighted by Gasteiger charge is -2.31. The van der Waals surface area contributed by atoms with E-state index in [2.05, 4.69) is 4.99 Å². The number of rotatable bonds is 2. The lowest BCUT2D eigenvalue weighted by Crippen LogP contribution is -2.42. The summed E-state index contributed by atoms with van der Waals surface area (Å²) in [6.45, 7) is 0. The zero-order valence-electron chi connectivity index (χ0n) is 12.1. The third kappa shape index (κ3) is 2.21. The van der Waals surface area contributed by atoms with Crippen LogP contribution < -0.4 is 16.2 Å². The summed E-state index contributed by atoms with van der Waals surface area (Å²) in [6, 6.07) is 13.9. The topological polar surface area (TPSA) is 76.9 Å². The number of methoxy groups -OCH3 is 1. The summed E-state index contributed by atoms with van der Waals surface area (Å²) in [5.74, 6) is 1.25. The lowest BCUT2D eigenvalue weighted by molar-refractivity contribution is 0.375. The lowest BCUT2D eigenvalue weighted by atomic mass is 9.99. The summed E-state index contributed by atoms with van der Waals surface area (Å²) >= 11 is 0. The first kappa shape index (κ1) is 13.5. The van der Waals surface area contributed by atoms with Crippen molar-refractivity contribution in [3.8, 4) is 16.9 Å². The van der Waals surface area contributed by atoms with Crippen LogP contribution in [0, 0.1) is 0 Å². The van der Waals surface area contributed by atoms with Crippen LogP contribution in [0.1, 0.15) is 11.7 Å². The van der Waals surface area contributed by atoms with Crippen molar-refractivity contribution < 1.29 is 4.74 Å². The number of aliphatic imine (C=N–C) groups is 1. The van der Waals surface area contributed by atoms with Crippen LogP contribution in [0.2, 0.25) is 0 Å². The van der Waals surface area contributed by atoms with Crippen LogP contribution in [0.25, 0.3) is 11.1 Å². The Kier molecular flexibility index (Phi) is 3.27. The van der Waals surface area contributed by atoms with Gasteiger partial charge in [-0.05, 0) is 17.7 Å². The van der Waals surface area contributed by atoms with E-state index in [4.69, 9.17) is 16.2 Å². The van der Waals surface area contributed by atoms with Crippen molar-refractivity contribution in [3.63, 3.8) is 0 Å². The maximum Gasteiger partial charge on any atom is 0.197 e. The van der Waals surface area contributed by atoms with Gasteiger partial charge >= 0.3 is 0 Å². The molecule has 1 aliphatic heterocycles. The molecule has 0 amide bonds. The van der Waals surface area contributed by atoms with Crippen molar-refractivity contribution in [3.05, 3.63) is 48.0 Å².